The first-order chi connectivity index (χ1) is 9.52. The van der Waals surface area contributed by atoms with E-state index in [1.165, 1.54) is 0 Å². The number of benzene rings is 1. The number of hydrogen-bond donors (Lipinski definition) is 2. The fourth-order valence-electron chi connectivity index (χ4n) is 2.95. The van der Waals surface area contributed by atoms with Crippen LogP contribution >= 0.6 is 11.6 Å². The fraction of sp³-hybridized carbons (Fsp3) is 0.533. The van der Waals surface area contributed by atoms with Gasteiger partial charge in [0.05, 0.1) is 5.92 Å². The summed E-state index contributed by atoms with van der Waals surface area (Å²) in [5.74, 6) is -0.290. The molecule has 110 valence electrons. The second kappa shape index (κ2) is 6.57. The number of rotatable bonds is 4. The molecule has 1 aliphatic rings. The monoisotopic (exact) mass is 295 g/mol. The summed E-state index contributed by atoms with van der Waals surface area (Å²) in [7, 11) is 0. The van der Waals surface area contributed by atoms with Gasteiger partial charge in [0.1, 0.15) is 0 Å². The number of piperidine rings is 1. The molecular weight excluding hydrogens is 274 g/mol. The molecule has 1 amide bonds. The summed E-state index contributed by atoms with van der Waals surface area (Å²) in [6.45, 7) is 3.37. The number of nitrogens with zero attached hydrogens (tertiary/aromatic N) is 1. The van der Waals surface area contributed by atoms with Crippen LogP contribution in [0.4, 0.5) is 0 Å². The van der Waals surface area contributed by atoms with Crippen molar-refractivity contribution in [2.24, 2.45) is 17.4 Å². The van der Waals surface area contributed by atoms with Crippen LogP contribution in [-0.2, 0) is 4.79 Å². The first kappa shape index (κ1) is 15.3. The highest BCUT2D eigenvalue weighted by atomic mass is 35.5. The van der Waals surface area contributed by atoms with Gasteiger partial charge in [-0.3, -0.25) is 9.69 Å². The number of nitrogens with two attached hydrogens (primary N) is 2. The molecule has 2 rings (SSSR count). The van der Waals surface area contributed by atoms with Gasteiger partial charge >= 0.3 is 0 Å². The molecule has 0 aromatic heterocycles. The van der Waals surface area contributed by atoms with Crippen LogP contribution in [0, 0.1) is 5.92 Å². The summed E-state index contributed by atoms with van der Waals surface area (Å²) >= 11 is 5.93. The lowest BCUT2D eigenvalue weighted by Gasteiger charge is -2.42. The van der Waals surface area contributed by atoms with Crippen molar-refractivity contribution in [1.82, 2.24) is 4.90 Å². The van der Waals surface area contributed by atoms with Gasteiger partial charge in [-0.1, -0.05) is 23.7 Å². The molecule has 1 aromatic rings. The Hall–Kier alpha value is -1.10. The largest absolute Gasteiger partial charge is 0.369 e. The third-order valence-electron chi connectivity index (χ3n) is 4.21. The first-order valence-corrected chi connectivity index (χ1v) is 7.41. The Morgan fingerprint density at radius 3 is 2.60 bits per heavy atom. The van der Waals surface area contributed by atoms with Gasteiger partial charge in [0.15, 0.2) is 0 Å². The standard InChI is InChI=1S/C15H22ClN3O/c1-10-2-3-12(15(18)20)9-19(10)14(8-17)11-4-6-13(16)7-5-11/h4-7,10,12,14H,2-3,8-9,17H2,1H3,(H2,18,20). The Balaban J connectivity index is 2.20. The van der Waals surface area contributed by atoms with Gasteiger partial charge in [-0.05, 0) is 37.5 Å². The predicted molar refractivity (Wildman–Crippen MR) is 81.3 cm³/mol. The number of primary amides is 1. The van der Waals surface area contributed by atoms with Crippen LogP contribution in [0.1, 0.15) is 31.4 Å². The molecule has 0 aliphatic carbocycles. The molecule has 3 unspecified atom stereocenters. The summed E-state index contributed by atoms with van der Waals surface area (Å²) in [6.07, 6.45) is 1.84. The highest BCUT2D eigenvalue weighted by Gasteiger charge is 2.33. The maximum absolute atomic E-state index is 11.4. The van der Waals surface area contributed by atoms with Crippen LogP contribution in [0.25, 0.3) is 0 Å². The van der Waals surface area contributed by atoms with Crippen LogP contribution in [0.3, 0.4) is 0 Å². The molecule has 0 radical (unpaired) electrons. The number of carbonyl (C=O) groups excluding carboxylic acids is 1. The maximum Gasteiger partial charge on any atom is 0.221 e. The zero-order valence-electron chi connectivity index (χ0n) is 11.8. The van der Waals surface area contributed by atoms with Crippen LogP contribution in [0.5, 0.6) is 0 Å². The van der Waals surface area contributed by atoms with Gasteiger partial charge < -0.3 is 11.5 Å². The molecule has 0 bridgehead atoms. The van der Waals surface area contributed by atoms with Gasteiger partial charge in [-0.25, -0.2) is 0 Å². The molecule has 1 aromatic carbocycles. The second-order valence-electron chi connectivity index (χ2n) is 5.53. The number of halogens is 1. The van der Waals surface area contributed by atoms with Crippen molar-refractivity contribution in [2.75, 3.05) is 13.1 Å². The molecule has 1 saturated heterocycles. The van der Waals surface area contributed by atoms with E-state index >= 15 is 0 Å². The van der Waals surface area contributed by atoms with E-state index in [1.54, 1.807) is 0 Å². The molecule has 4 N–H and O–H groups in total. The highest BCUT2D eigenvalue weighted by molar-refractivity contribution is 6.30. The summed E-state index contributed by atoms with van der Waals surface area (Å²) in [5.41, 5.74) is 12.6. The maximum atomic E-state index is 11.4. The molecular formula is C15H22ClN3O. The first-order valence-electron chi connectivity index (χ1n) is 7.03. The Morgan fingerprint density at radius 1 is 1.40 bits per heavy atom. The summed E-state index contributed by atoms with van der Waals surface area (Å²) in [4.78, 5) is 13.7. The number of carbonyl (C=O) groups is 1. The average molecular weight is 296 g/mol. The quantitative estimate of drug-likeness (QED) is 0.891. The minimum Gasteiger partial charge on any atom is -0.369 e. The Morgan fingerprint density at radius 2 is 2.05 bits per heavy atom. The van der Waals surface area contributed by atoms with E-state index in [9.17, 15) is 4.79 Å². The summed E-state index contributed by atoms with van der Waals surface area (Å²) in [6, 6.07) is 8.25. The van der Waals surface area contributed by atoms with Gasteiger partial charge in [0.25, 0.3) is 0 Å². The number of amides is 1. The van der Waals surface area contributed by atoms with Gasteiger partial charge in [0, 0.05) is 30.2 Å². The Kier molecular flexibility index (Phi) is 5.02. The smallest absolute Gasteiger partial charge is 0.221 e. The van der Waals surface area contributed by atoms with Crippen molar-refractivity contribution in [3.8, 4) is 0 Å². The molecule has 4 nitrogen and oxygen atoms in total. The third-order valence-corrected chi connectivity index (χ3v) is 4.46. The summed E-state index contributed by atoms with van der Waals surface area (Å²) in [5, 5.41) is 0.714. The lowest BCUT2D eigenvalue weighted by atomic mass is 9.90. The molecule has 1 aliphatic heterocycles. The van der Waals surface area contributed by atoms with Crippen molar-refractivity contribution in [2.45, 2.75) is 31.8 Å². The minimum absolute atomic E-state index is 0.0763. The molecule has 1 fully saturated rings. The van der Waals surface area contributed by atoms with Crippen molar-refractivity contribution >= 4 is 17.5 Å². The molecule has 20 heavy (non-hydrogen) atoms. The third kappa shape index (κ3) is 3.32. The molecule has 5 heteroatoms. The van der Waals surface area contributed by atoms with E-state index in [2.05, 4.69) is 11.8 Å². The lowest BCUT2D eigenvalue weighted by molar-refractivity contribution is -0.124. The van der Waals surface area contributed by atoms with Crippen LogP contribution in [0.2, 0.25) is 5.02 Å². The average Bonchev–Trinajstić information content (AvgIpc) is 2.43. The second-order valence-corrected chi connectivity index (χ2v) is 5.96. The lowest BCUT2D eigenvalue weighted by Crippen LogP contribution is -2.48. The summed E-state index contributed by atoms with van der Waals surface area (Å²) < 4.78 is 0. The molecule has 1 heterocycles. The zero-order valence-corrected chi connectivity index (χ0v) is 12.5. The van der Waals surface area contributed by atoms with Gasteiger partial charge in [-0.15, -0.1) is 0 Å². The number of likely N-dealkylation sites (tertiary alicyclic amines) is 1. The van der Waals surface area contributed by atoms with Crippen molar-refractivity contribution in [3.05, 3.63) is 34.9 Å². The Labute approximate surface area is 125 Å². The van der Waals surface area contributed by atoms with Crippen molar-refractivity contribution in [1.29, 1.82) is 0 Å². The number of hydrogen-bond acceptors (Lipinski definition) is 3. The van der Waals surface area contributed by atoms with E-state index in [4.69, 9.17) is 23.1 Å². The van der Waals surface area contributed by atoms with E-state index in [-0.39, 0.29) is 17.9 Å². The van der Waals surface area contributed by atoms with E-state index in [0.717, 1.165) is 18.4 Å². The van der Waals surface area contributed by atoms with Crippen molar-refractivity contribution in [3.63, 3.8) is 0 Å². The molecule has 3 atom stereocenters. The Bertz CT molecular complexity index is 463. The van der Waals surface area contributed by atoms with Crippen LogP contribution < -0.4 is 11.5 Å². The SMILES string of the molecule is CC1CCC(C(N)=O)CN1C(CN)c1ccc(Cl)cc1. The van der Waals surface area contributed by atoms with Crippen LogP contribution in [-0.4, -0.2) is 29.9 Å². The van der Waals surface area contributed by atoms with E-state index in [1.807, 2.05) is 24.3 Å². The van der Waals surface area contributed by atoms with E-state index in [0.29, 0.717) is 24.2 Å². The van der Waals surface area contributed by atoms with Gasteiger partial charge in [-0.2, -0.15) is 0 Å². The zero-order chi connectivity index (χ0) is 14.7. The molecule has 0 saturated carbocycles. The minimum atomic E-state index is -0.214. The topological polar surface area (TPSA) is 72.4 Å². The van der Waals surface area contributed by atoms with Crippen LogP contribution in [0.15, 0.2) is 24.3 Å². The normalized spacial score (nSPS) is 25.4. The highest BCUT2D eigenvalue weighted by Crippen LogP contribution is 2.30. The molecule has 0 spiro atoms. The van der Waals surface area contributed by atoms with E-state index < -0.39 is 0 Å². The predicted octanol–water partition coefficient (Wildman–Crippen LogP) is 1.93. The van der Waals surface area contributed by atoms with Crippen molar-refractivity contribution < 1.29 is 4.79 Å². The fourth-order valence-corrected chi connectivity index (χ4v) is 3.07. The van der Waals surface area contributed by atoms with Gasteiger partial charge in [0.2, 0.25) is 5.91 Å².